The molecular formula is C15H12F2O4. The van der Waals surface area contributed by atoms with Gasteiger partial charge in [-0.2, -0.15) is 0 Å². The first-order valence-corrected chi connectivity index (χ1v) is 5.92. The van der Waals surface area contributed by atoms with Gasteiger partial charge < -0.3 is 14.6 Å². The van der Waals surface area contributed by atoms with Gasteiger partial charge in [0.1, 0.15) is 11.6 Å². The molecule has 110 valence electrons. The lowest BCUT2D eigenvalue weighted by atomic mass is 10.0. The van der Waals surface area contributed by atoms with Crippen LogP contribution in [0.3, 0.4) is 0 Å². The Hall–Kier alpha value is -2.63. The fourth-order valence-electron chi connectivity index (χ4n) is 2.01. The van der Waals surface area contributed by atoms with E-state index in [4.69, 9.17) is 14.6 Å². The smallest absolute Gasteiger partial charge is 0.335 e. The van der Waals surface area contributed by atoms with Crippen molar-refractivity contribution < 1.29 is 28.2 Å². The maximum absolute atomic E-state index is 13.4. The molecule has 0 fully saturated rings. The molecule has 4 nitrogen and oxygen atoms in total. The van der Waals surface area contributed by atoms with Crippen LogP contribution in [0.15, 0.2) is 30.3 Å². The summed E-state index contributed by atoms with van der Waals surface area (Å²) < 4.78 is 37.0. The Morgan fingerprint density at radius 3 is 2.10 bits per heavy atom. The van der Waals surface area contributed by atoms with Crippen LogP contribution in [0.2, 0.25) is 0 Å². The number of carboxylic acids is 1. The molecule has 21 heavy (non-hydrogen) atoms. The average Bonchev–Trinajstić information content (AvgIpc) is 2.44. The fourth-order valence-corrected chi connectivity index (χ4v) is 2.01. The molecular weight excluding hydrogens is 282 g/mol. The largest absolute Gasteiger partial charge is 0.493 e. The number of aromatic carboxylic acids is 1. The summed E-state index contributed by atoms with van der Waals surface area (Å²) in [5.74, 6) is -2.36. The van der Waals surface area contributed by atoms with Crippen molar-refractivity contribution in [1.29, 1.82) is 0 Å². The molecule has 0 atom stereocenters. The summed E-state index contributed by atoms with van der Waals surface area (Å²) in [5, 5.41) is 9.10. The zero-order valence-corrected chi connectivity index (χ0v) is 11.3. The minimum absolute atomic E-state index is 0.0766. The minimum Gasteiger partial charge on any atom is -0.493 e. The summed E-state index contributed by atoms with van der Waals surface area (Å²) in [6.45, 7) is 0. The third-order valence-electron chi connectivity index (χ3n) is 2.90. The van der Waals surface area contributed by atoms with Gasteiger partial charge in [0.25, 0.3) is 0 Å². The highest BCUT2D eigenvalue weighted by molar-refractivity contribution is 5.92. The Labute approximate surface area is 119 Å². The number of benzene rings is 2. The number of halogens is 2. The third kappa shape index (κ3) is 2.94. The maximum atomic E-state index is 13.4. The second-order valence-corrected chi connectivity index (χ2v) is 4.22. The van der Waals surface area contributed by atoms with E-state index in [1.54, 1.807) is 0 Å². The van der Waals surface area contributed by atoms with Gasteiger partial charge in [-0.1, -0.05) is 0 Å². The molecule has 0 saturated carbocycles. The Balaban J connectivity index is 2.75. The highest BCUT2D eigenvalue weighted by atomic mass is 19.1. The van der Waals surface area contributed by atoms with Crippen molar-refractivity contribution in [3.8, 4) is 22.6 Å². The Morgan fingerprint density at radius 2 is 1.62 bits per heavy atom. The Kier molecular flexibility index (Phi) is 4.07. The first-order chi connectivity index (χ1) is 9.96. The van der Waals surface area contributed by atoms with E-state index in [-0.39, 0.29) is 28.2 Å². The zero-order valence-electron chi connectivity index (χ0n) is 11.3. The van der Waals surface area contributed by atoms with Crippen LogP contribution in [-0.4, -0.2) is 25.3 Å². The summed E-state index contributed by atoms with van der Waals surface area (Å²) in [6, 6.07) is 5.46. The van der Waals surface area contributed by atoms with Crippen molar-refractivity contribution in [3.63, 3.8) is 0 Å². The average molecular weight is 294 g/mol. The number of hydrogen-bond donors (Lipinski definition) is 1. The highest BCUT2D eigenvalue weighted by Crippen LogP contribution is 2.39. The molecule has 0 amide bonds. The summed E-state index contributed by atoms with van der Waals surface area (Å²) in [4.78, 5) is 11.1. The van der Waals surface area contributed by atoms with Crippen molar-refractivity contribution in [2.45, 2.75) is 0 Å². The maximum Gasteiger partial charge on any atom is 0.335 e. The van der Waals surface area contributed by atoms with Crippen LogP contribution < -0.4 is 9.47 Å². The lowest BCUT2D eigenvalue weighted by Gasteiger charge is -2.14. The number of methoxy groups -OCH3 is 2. The number of carbonyl (C=O) groups is 1. The van der Waals surface area contributed by atoms with E-state index in [9.17, 15) is 13.6 Å². The van der Waals surface area contributed by atoms with Gasteiger partial charge in [-0.3, -0.25) is 0 Å². The third-order valence-corrected chi connectivity index (χ3v) is 2.90. The second-order valence-electron chi connectivity index (χ2n) is 4.22. The summed E-state index contributed by atoms with van der Waals surface area (Å²) in [6.07, 6.45) is 0. The van der Waals surface area contributed by atoms with Crippen molar-refractivity contribution in [2.75, 3.05) is 14.2 Å². The number of carboxylic acid groups (broad SMARTS) is 1. The van der Waals surface area contributed by atoms with Gasteiger partial charge in [-0.05, 0) is 29.8 Å². The Bertz CT molecular complexity index is 678. The quantitative estimate of drug-likeness (QED) is 0.939. The van der Waals surface area contributed by atoms with E-state index in [1.807, 2.05) is 0 Å². The summed E-state index contributed by atoms with van der Waals surface area (Å²) in [7, 11) is 2.71. The van der Waals surface area contributed by atoms with Crippen molar-refractivity contribution in [3.05, 3.63) is 47.5 Å². The number of hydrogen-bond acceptors (Lipinski definition) is 3. The van der Waals surface area contributed by atoms with E-state index >= 15 is 0 Å². The molecule has 0 aliphatic rings. The summed E-state index contributed by atoms with van der Waals surface area (Å²) in [5.41, 5.74) is 0.311. The normalized spacial score (nSPS) is 10.3. The van der Waals surface area contributed by atoms with Crippen LogP contribution in [0, 0.1) is 11.6 Å². The molecule has 0 aliphatic carbocycles. The molecule has 0 spiro atoms. The molecule has 1 N–H and O–H groups in total. The van der Waals surface area contributed by atoms with Gasteiger partial charge in [-0.15, -0.1) is 0 Å². The van der Waals surface area contributed by atoms with Crippen molar-refractivity contribution >= 4 is 5.97 Å². The van der Waals surface area contributed by atoms with Gasteiger partial charge >= 0.3 is 5.97 Å². The fraction of sp³-hybridized carbons (Fsp3) is 0.133. The number of ether oxygens (including phenoxy) is 2. The van der Waals surface area contributed by atoms with Gasteiger partial charge in [0.2, 0.25) is 0 Å². The van der Waals surface area contributed by atoms with Crippen LogP contribution in [0.5, 0.6) is 11.5 Å². The molecule has 2 aromatic rings. The second kappa shape index (κ2) is 5.78. The highest BCUT2D eigenvalue weighted by Gasteiger charge is 2.18. The molecule has 0 heterocycles. The van der Waals surface area contributed by atoms with E-state index in [0.717, 1.165) is 18.2 Å². The standard InChI is InChI=1S/C15H12F2O4/c1-20-13-6-9(15(18)19)5-12(14(13)21-2)8-3-10(16)7-11(17)4-8/h3-7H,1-2H3,(H,18,19). The predicted molar refractivity (Wildman–Crippen MR) is 71.9 cm³/mol. The summed E-state index contributed by atoms with van der Waals surface area (Å²) >= 11 is 0. The molecule has 0 aromatic heterocycles. The monoisotopic (exact) mass is 294 g/mol. The lowest BCUT2D eigenvalue weighted by Crippen LogP contribution is -2.01. The lowest BCUT2D eigenvalue weighted by molar-refractivity contribution is 0.0696. The molecule has 2 rings (SSSR count). The molecule has 6 heteroatoms. The van der Waals surface area contributed by atoms with Crippen LogP contribution >= 0.6 is 0 Å². The van der Waals surface area contributed by atoms with E-state index < -0.39 is 17.6 Å². The SMILES string of the molecule is COc1cc(C(=O)O)cc(-c2cc(F)cc(F)c2)c1OC. The van der Waals surface area contributed by atoms with E-state index in [0.29, 0.717) is 0 Å². The van der Waals surface area contributed by atoms with Crippen LogP contribution in [-0.2, 0) is 0 Å². The molecule has 0 unspecified atom stereocenters. The van der Waals surface area contributed by atoms with E-state index in [2.05, 4.69) is 0 Å². The number of rotatable bonds is 4. The molecule has 2 aromatic carbocycles. The van der Waals surface area contributed by atoms with Crippen molar-refractivity contribution in [1.82, 2.24) is 0 Å². The topological polar surface area (TPSA) is 55.8 Å². The van der Waals surface area contributed by atoms with Gasteiger partial charge in [0.15, 0.2) is 11.5 Å². The van der Waals surface area contributed by atoms with Gasteiger partial charge in [0, 0.05) is 11.6 Å². The zero-order chi connectivity index (χ0) is 15.6. The molecule has 0 aliphatic heterocycles. The van der Waals surface area contributed by atoms with Gasteiger partial charge in [0.05, 0.1) is 19.8 Å². The first-order valence-electron chi connectivity index (χ1n) is 5.92. The van der Waals surface area contributed by atoms with Crippen LogP contribution in [0.25, 0.3) is 11.1 Å². The molecule has 0 saturated heterocycles. The van der Waals surface area contributed by atoms with Gasteiger partial charge in [-0.25, -0.2) is 13.6 Å². The Morgan fingerprint density at radius 1 is 1.00 bits per heavy atom. The molecule has 0 bridgehead atoms. The van der Waals surface area contributed by atoms with E-state index in [1.165, 1.54) is 26.4 Å². The first kappa shape index (κ1) is 14.8. The van der Waals surface area contributed by atoms with Crippen LogP contribution in [0.4, 0.5) is 8.78 Å². The predicted octanol–water partition coefficient (Wildman–Crippen LogP) is 3.35. The van der Waals surface area contributed by atoms with Crippen LogP contribution in [0.1, 0.15) is 10.4 Å². The minimum atomic E-state index is -1.19. The van der Waals surface area contributed by atoms with Crippen molar-refractivity contribution in [2.24, 2.45) is 0 Å². The molecule has 0 radical (unpaired) electrons.